The van der Waals surface area contributed by atoms with Gasteiger partial charge in [0.25, 0.3) is 0 Å². The van der Waals surface area contributed by atoms with Gasteiger partial charge in [-0.3, -0.25) is 0 Å². The van der Waals surface area contributed by atoms with Gasteiger partial charge in [0, 0.05) is 24.8 Å². The Bertz CT molecular complexity index is 858. The minimum Gasteiger partial charge on any atom is -0.406 e. The van der Waals surface area contributed by atoms with E-state index in [0.717, 1.165) is 22.6 Å². The fourth-order valence-corrected chi connectivity index (χ4v) is 3.29. The molecule has 2 aromatic rings. The van der Waals surface area contributed by atoms with Crippen molar-refractivity contribution < 1.29 is 23.0 Å². The zero-order valence-corrected chi connectivity index (χ0v) is 16.6. The van der Waals surface area contributed by atoms with Crippen molar-refractivity contribution in [3.8, 4) is 5.75 Å². The Morgan fingerprint density at radius 3 is 2.62 bits per heavy atom. The van der Waals surface area contributed by atoms with E-state index in [1.165, 1.54) is 12.1 Å². The van der Waals surface area contributed by atoms with Crippen LogP contribution in [-0.4, -0.2) is 40.6 Å². The summed E-state index contributed by atoms with van der Waals surface area (Å²) in [6.07, 6.45) is -4.11. The molecule has 0 aliphatic carbocycles. The molecule has 1 aromatic heterocycles. The number of alkyl halides is 3. The SMILES string of the molecule is Cc1cc(N2CCc3cc(OC(F)(F)F)ccc3C2)nc(N[C@@H](CO)C(C)C)n1. The number of fused-ring (bicyclic) bond motifs is 1. The first kappa shape index (κ1) is 21.2. The van der Waals surface area contributed by atoms with E-state index in [0.29, 0.717) is 25.5 Å². The van der Waals surface area contributed by atoms with Crippen LogP contribution in [0, 0.1) is 12.8 Å². The molecule has 0 radical (unpaired) electrons. The van der Waals surface area contributed by atoms with Crippen molar-refractivity contribution in [3.63, 3.8) is 0 Å². The molecule has 0 saturated carbocycles. The van der Waals surface area contributed by atoms with Crippen LogP contribution in [0.3, 0.4) is 0 Å². The van der Waals surface area contributed by atoms with E-state index in [2.05, 4.69) is 24.9 Å². The molecule has 1 atom stereocenters. The molecule has 2 N–H and O–H groups in total. The minimum absolute atomic E-state index is 0.0241. The molecule has 2 heterocycles. The Kier molecular flexibility index (Phi) is 6.16. The van der Waals surface area contributed by atoms with Crippen molar-refractivity contribution in [3.05, 3.63) is 41.1 Å². The van der Waals surface area contributed by atoms with Crippen LogP contribution in [0.5, 0.6) is 5.75 Å². The summed E-state index contributed by atoms with van der Waals surface area (Å²) in [6, 6.07) is 6.17. The maximum absolute atomic E-state index is 12.4. The van der Waals surface area contributed by atoms with Gasteiger partial charge in [-0.15, -0.1) is 13.2 Å². The van der Waals surface area contributed by atoms with Gasteiger partial charge < -0.3 is 20.1 Å². The lowest BCUT2D eigenvalue weighted by atomic mass is 9.99. The zero-order valence-electron chi connectivity index (χ0n) is 16.6. The van der Waals surface area contributed by atoms with Crippen molar-refractivity contribution >= 4 is 11.8 Å². The molecule has 0 spiro atoms. The van der Waals surface area contributed by atoms with E-state index in [9.17, 15) is 18.3 Å². The van der Waals surface area contributed by atoms with E-state index >= 15 is 0 Å². The van der Waals surface area contributed by atoms with Crippen molar-refractivity contribution in [1.82, 2.24) is 9.97 Å². The molecule has 0 saturated heterocycles. The van der Waals surface area contributed by atoms with Crippen molar-refractivity contribution in [2.24, 2.45) is 5.92 Å². The number of rotatable bonds is 6. The van der Waals surface area contributed by atoms with Crippen molar-refractivity contribution in [2.75, 3.05) is 23.4 Å². The normalized spacial score (nSPS) is 15.2. The number of nitrogens with zero attached hydrogens (tertiary/aromatic N) is 3. The lowest BCUT2D eigenvalue weighted by Gasteiger charge is -2.30. The van der Waals surface area contributed by atoms with Crippen LogP contribution < -0.4 is 15.0 Å². The van der Waals surface area contributed by atoms with E-state index < -0.39 is 6.36 Å². The first-order chi connectivity index (χ1) is 13.6. The Labute approximate surface area is 167 Å². The number of benzene rings is 1. The van der Waals surface area contributed by atoms with Crippen LogP contribution in [0.4, 0.5) is 24.9 Å². The Morgan fingerprint density at radius 1 is 1.21 bits per heavy atom. The molecule has 29 heavy (non-hydrogen) atoms. The maximum Gasteiger partial charge on any atom is 0.573 e. The molecule has 6 nitrogen and oxygen atoms in total. The summed E-state index contributed by atoms with van der Waals surface area (Å²) < 4.78 is 41.3. The third-order valence-electron chi connectivity index (χ3n) is 4.90. The van der Waals surface area contributed by atoms with Gasteiger partial charge in [0.2, 0.25) is 5.95 Å². The van der Waals surface area contributed by atoms with Gasteiger partial charge in [0.05, 0.1) is 12.6 Å². The lowest BCUT2D eigenvalue weighted by molar-refractivity contribution is -0.274. The monoisotopic (exact) mass is 410 g/mol. The number of hydrogen-bond acceptors (Lipinski definition) is 6. The van der Waals surface area contributed by atoms with E-state index in [1.807, 2.05) is 26.8 Å². The highest BCUT2D eigenvalue weighted by Gasteiger charge is 2.31. The number of aromatic nitrogens is 2. The van der Waals surface area contributed by atoms with E-state index in [1.54, 1.807) is 6.07 Å². The number of hydrogen-bond donors (Lipinski definition) is 2. The second-order valence-electron chi connectivity index (χ2n) is 7.52. The standard InChI is InChI=1S/C20H25F3N4O2/c1-12(2)17(11-28)25-19-24-13(3)8-18(26-19)27-7-6-14-9-16(29-20(21,22)23)5-4-15(14)10-27/h4-5,8-9,12,17,28H,6-7,10-11H2,1-3H3,(H,24,25,26)/t17-/m0/s1. The molecule has 158 valence electrons. The Hall–Kier alpha value is -2.55. The summed E-state index contributed by atoms with van der Waals surface area (Å²) in [4.78, 5) is 11.1. The van der Waals surface area contributed by atoms with Gasteiger partial charge >= 0.3 is 6.36 Å². The fraction of sp³-hybridized carbons (Fsp3) is 0.500. The molecular weight excluding hydrogens is 385 g/mol. The summed E-state index contributed by atoms with van der Waals surface area (Å²) >= 11 is 0. The fourth-order valence-electron chi connectivity index (χ4n) is 3.29. The molecule has 0 unspecified atom stereocenters. The average molecular weight is 410 g/mol. The predicted octanol–water partition coefficient (Wildman–Crippen LogP) is 3.68. The highest BCUT2D eigenvalue weighted by molar-refractivity contribution is 5.49. The van der Waals surface area contributed by atoms with Crippen LogP contribution in [0.25, 0.3) is 0 Å². The summed E-state index contributed by atoms with van der Waals surface area (Å²) in [5, 5.41) is 12.7. The number of halogens is 3. The topological polar surface area (TPSA) is 70.5 Å². The smallest absolute Gasteiger partial charge is 0.406 e. The van der Waals surface area contributed by atoms with Gasteiger partial charge in [0.1, 0.15) is 11.6 Å². The molecule has 0 bridgehead atoms. The molecule has 0 amide bonds. The van der Waals surface area contributed by atoms with E-state index in [-0.39, 0.29) is 24.3 Å². The first-order valence-corrected chi connectivity index (χ1v) is 9.50. The van der Waals surface area contributed by atoms with Gasteiger partial charge in [-0.2, -0.15) is 4.98 Å². The number of nitrogens with one attached hydrogen (secondary N) is 1. The van der Waals surface area contributed by atoms with E-state index in [4.69, 9.17) is 0 Å². The molecular formula is C20H25F3N4O2. The third kappa shape index (κ3) is 5.50. The molecule has 1 aliphatic rings. The van der Waals surface area contributed by atoms with Crippen molar-refractivity contribution in [2.45, 2.75) is 46.1 Å². The summed E-state index contributed by atoms with van der Waals surface area (Å²) in [5.41, 5.74) is 2.57. The average Bonchev–Trinajstić information content (AvgIpc) is 2.63. The van der Waals surface area contributed by atoms with Crippen LogP contribution in [0.15, 0.2) is 24.3 Å². The Morgan fingerprint density at radius 2 is 1.97 bits per heavy atom. The quantitative estimate of drug-likeness (QED) is 0.757. The molecule has 3 rings (SSSR count). The predicted molar refractivity (Wildman–Crippen MR) is 104 cm³/mol. The van der Waals surface area contributed by atoms with Gasteiger partial charge in [-0.05, 0) is 42.5 Å². The molecule has 9 heteroatoms. The van der Waals surface area contributed by atoms with Crippen LogP contribution in [-0.2, 0) is 13.0 Å². The first-order valence-electron chi connectivity index (χ1n) is 9.50. The highest BCUT2D eigenvalue weighted by atomic mass is 19.4. The van der Waals surface area contributed by atoms with Gasteiger partial charge in [0.15, 0.2) is 0 Å². The lowest BCUT2D eigenvalue weighted by Crippen LogP contribution is -2.33. The molecule has 0 fully saturated rings. The number of ether oxygens (including phenoxy) is 1. The number of aliphatic hydroxyl groups excluding tert-OH is 1. The maximum atomic E-state index is 12.4. The summed E-state index contributed by atoms with van der Waals surface area (Å²) in [6.45, 7) is 7.00. The van der Waals surface area contributed by atoms with Crippen LogP contribution in [0.1, 0.15) is 30.7 Å². The second kappa shape index (κ2) is 8.44. The number of aliphatic hydroxyl groups is 1. The van der Waals surface area contributed by atoms with Crippen LogP contribution in [0.2, 0.25) is 0 Å². The summed E-state index contributed by atoms with van der Waals surface area (Å²) in [5.74, 6) is 1.20. The second-order valence-corrected chi connectivity index (χ2v) is 7.52. The third-order valence-corrected chi connectivity index (χ3v) is 4.90. The largest absolute Gasteiger partial charge is 0.573 e. The highest BCUT2D eigenvalue weighted by Crippen LogP contribution is 2.29. The zero-order chi connectivity index (χ0) is 21.2. The number of anilines is 2. The van der Waals surface area contributed by atoms with Crippen LogP contribution >= 0.6 is 0 Å². The van der Waals surface area contributed by atoms with Crippen molar-refractivity contribution in [1.29, 1.82) is 0 Å². The van der Waals surface area contributed by atoms with Gasteiger partial charge in [-0.25, -0.2) is 4.98 Å². The molecule has 1 aromatic carbocycles. The molecule has 1 aliphatic heterocycles. The van der Waals surface area contributed by atoms with Gasteiger partial charge in [-0.1, -0.05) is 19.9 Å². The summed E-state index contributed by atoms with van der Waals surface area (Å²) in [7, 11) is 0. The Balaban J connectivity index is 1.77. The number of aryl methyl sites for hydroxylation is 1. The minimum atomic E-state index is -4.70.